The van der Waals surface area contributed by atoms with Gasteiger partial charge in [0.15, 0.2) is 0 Å². The molecule has 0 aromatic heterocycles. The first-order valence-corrected chi connectivity index (χ1v) is 7.74. The second kappa shape index (κ2) is 8.70. The van der Waals surface area contributed by atoms with Crippen molar-refractivity contribution >= 4 is 0 Å². The molecule has 2 rings (SSSR count). The summed E-state index contributed by atoms with van der Waals surface area (Å²) >= 11 is 0. The first kappa shape index (κ1) is 15.9. The van der Waals surface area contributed by atoms with Crippen molar-refractivity contribution in [1.29, 1.82) is 0 Å². The van der Waals surface area contributed by atoms with Gasteiger partial charge in [-0.05, 0) is 62.1 Å². The molecule has 2 aromatic rings. The molecule has 0 atom stereocenters. The van der Waals surface area contributed by atoms with Crippen molar-refractivity contribution < 1.29 is 0 Å². The lowest BCUT2D eigenvalue weighted by molar-refractivity contribution is 1.26. The molecule has 0 heterocycles. The van der Waals surface area contributed by atoms with E-state index in [0.29, 0.717) is 0 Å². The van der Waals surface area contributed by atoms with Crippen molar-refractivity contribution in [2.45, 2.75) is 26.7 Å². The van der Waals surface area contributed by atoms with Crippen molar-refractivity contribution in [2.24, 2.45) is 0 Å². The minimum absolute atomic E-state index is 0.984. The smallest absolute Gasteiger partial charge is 0.0249 e. The van der Waals surface area contributed by atoms with Gasteiger partial charge < -0.3 is 0 Å². The summed E-state index contributed by atoms with van der Waals surface area (Å²) in [6.45, 7) is 4.09. The quantitative estimate of drug-likeness (QED) is 0.527. The highest BCUT2D eigenvalue weighted by Gasteiger charge is 1.92. The van der Waals surface area contributed by atoms with E-state index in [1.165, 1.54) is 11.1 Å². The first-order chi connectivity index (χ1) is 10.8. The summed E-state index contributed by atoms with van der Waals surface area (Å²) in [5.41, 5.74) is 4.75. The minimum Gasteiger partial charge on any atom is -0.0913 e. The fourth-order valence-corrected chi connectivity index (χ4v) is 2.10. The van der Waals surface area contributed by atoms with E-state index in [0.717, 1.165) is 24.0 Å². The van der Waals surface area contributed by atoms with Crippen LogP contribution in [0.5, 0.6) is 0 Å². The molecule has 0 nitrogen and oxygen atoms in total. The van der Waals surface area contributed by atoms with Crippen LogP contribution in [0.15, 0.2) is 72.8 Å². The fraction of sp³-hybridized carbons (Fsp3) is 0.182. The molecule has 0 fully saturated rings. The summed E-state index contributed by atoms with van der Waals surface area (Å²) in [6.07, 6.45) is 10.4. The minimum atomic E-state index is 0.984. The molecule has 0 saturated heterocycles. The highest BCUT2D eigenvalue weighted by molar-refractivity contribution is 5.44. The molecule has 0 aliphatic carbocycles. The van der Waals surface area contributed by atoms with E-state index in [1.54, 1.807) is 0 Å². The SMILES string of the molecule is C/C=C/Cc1ccc(C#Cc2ccc(C/C=C/C)cc2)cc1. The standard InChI is InChI=1S/C22H22/c1-3-5-7-19-9-13-21(14-10-19)17-18-22-15-11-20(12-16-22)8-6-4-2/h3-6,9-16H,7-8H2,1-2H3/b5-3+,6-4+. The topological polar surface area (TPSA) is 0 Å². The molecule has 110 valence electrons. The lowest BCUT2D eigenvalue weighted by atomic mass is 10.1. The van der Waals surface area contributed by atoms with Crippen molar-refractivity contribution in [1.82, 2.24) is 0 Å². The molecular formula is C22H22. The molecule has 2 aromatic carbocycles. The third kappa shape index (κ3) is 5.11. The van der Waals surface area contributed by atoms with E-state index >= 15 is 0 Å². The molecule has 0 spiro atoms. The Hall–Kier alpha value is -2.52. The van der Waals surface area contributed by atoms with Crippen LogP contribution in [0.25, 0.3) is 0 Å². The largest absolute Gasteiger partial charge is 0.0913 e. The number of allylic oxidation sites excluding steroid dienone is 4. The predicted octanol–water partition coefficient (Wildman–Crippen LogP) is 5.32. The van der Waals surface area contributed by atoms with E-state index in [9.17, 15) is 0 Å². The summed E-state index contributed by atoms with van der Waals surface area (Å²) < 4.78 is 0. The summed E-state index contributed by atoms with van der Waals surface area (Å²) in [4.78, 5) is 0. The van der Waals surface area contributed by atoms with Gasteiger partial charge in [0.25, 0.3) is 0 Å². The Bertz CT molecular complexity index is 625. The van der Waals surface area contributed by atoms with Gasteiger partial charge in [-0.3, -0.25) is 0 Å². The van der Waals surface area contributed by atoms with Crippen LogP contribution in [0.4, 0.5) is 0 Å². The highest BCUT2D eigenvalue weighted by atomic mass is 14.0. The first-order valence-electron chi connectivity index (χ1n) is 7.74. The average molecular weight is 286 g/mol. The molecule has 0 amide bonds. The Balaban J connectivity index is 2.03. The number of rotatable bonds is 4. The third-order valence-corrected chi connectivity index (χ3v) is 3.44. The van der Waals surface area contributed by atoms with E-state index in [2.05, 4.69) is 84.7 Å². The van der Waals surface area contributed by atoms with Gasteiger partial charge >= 0.3 is 0 Å². The van der Waals surface area contributed by atoms with Crippen LogP contribution >= 0.6 is 0 Å². The zero-order valence-electron chi connectivity index (χ0n) is 13.3. The Morgan fingerprint density at radius 2 is 1.00 bits per heavy atom. The number of benzene rings is 2. The Morgan fingerprint density at radius 1 is 0.636 bits per heavy atom. The normalized spacial score (nSPS) is 10.8. The predicted molar refractivity (Wildman–Crippen MR) is 95.9 cm³/mol. The van der Waals surface area contributed by atoms with Crippen LogP contribution in [0, 0.1) is 11.8 Å². The molecule has 0 bridgehead atoms. The van der Waals surface area contributed by atoms with Gasteiger partial charge in [0.1, 0.15) is 0 Å². The summed E-state index contributed by atoms with van der Waals surface area (Å²) in [6, 6.07) is 16.9. The van der Waals surface area contributed by atoms with Crippen molar-refractivity contribution in [3.63, 3.8) is 0 Å². The van der Waals surface area contributed by atoms with Crippen LogP contribution in [0.1, 0.15) is 36.1 Å². The second-order valence-electron chi connectivity index (χ2n) is 5.19. The van der Waals surface area contributed by atoms with Crippen LogP contribution in [-0.4, -0.2) is 0 Å². The number of hydrogen-bond donors (Lipinski definition) is 0. The zero-order chi connectivity index (χ0) is 15.6. The van der Waals surface area contributed by atoms with Gasteiger partial charge in [0, 0.05) is 11.1 Å². The lowest BCUT2D eigenvalue weighted by Gasteiger charge is -1.97. The fourth-order valence-electron chi connectivity index (χ4n) is 2.10. The Morgan fingerprint density at radius 3 is 1.32 bits per heavy atom. The third-order valence-electron chi connectivity index (χ3n) is 3.44. The average Bonchev–Trinajstić information content (AvgIpc) is 2.58. The number of hydrogen-bond acceptors (Lipinski definition) is 0. The maximum absolute atomic E-state index is 3.22. The van der Waals surface area contributed by atoms with Crippen molar-refractivity contribution in [3.8, 4) is 11.8 Å². The van der Waals surface area contributed by atoms with Crippen LogP contribution in [-0.2, 0) is 12.8 Å². The molecule has 0 N–H and O–H groups in total. The molecule has 0 aliphatic heterocycles. The van der Waals surface area contributed by atoms with Crippen LogP contribution in [0.3, 0.4) is 0 Å². The highest BCUT2D eigenvalue weighted by Crippen LogP contribution is 2.07. The van der Waals surface area contributed by atoms with E-state index in [1.807, 2.05) is 13.8 Å². The molecule has 0 heteroatoms. The maximum atomic E-state index is 3.22. The summed E-state index contributed by atoms with van der Waals surface area (Å²) in [5.74, 6) is 6.45. The van der Waals surface area contributed by atoms with Gasteiger partial charge in [0.05, 0.1) is 0 Å². The summed E-state index contributed by atoms with van der Waals surface area (Å²) in [5, 5.41) is 0. The van der Waals surface area contributed by atoms with Crippen LogP contribution < -0.4 is 0 Å². The van der Waals surface area contributed by atoms with Gasteiger partial charge in [-0.2, -0.15) is 0 Å². The molecule has 0 aliphatic rings. The zero-order valence-corrected chi connectivity index (χ0v) is 13.3. The van der Waals surface area contributed by atoms with Gasteiger partial charge in [-0.25, -0.2) is 0 Å². The molecule has 0 unspecified atom stereocenters. The van der Waals surface area contributed by atoms with Crippen LogP contribution in [0.2, 0.25) is 0 Å². The Kier molecular flexibility index (Phi) is 6.27. The van der Waals surface area contributed by atoms with E-state index < -0.39 is 0 Å². The molecule has 0 saturated carbocycles. The second-order valence-corrected chi connectivity index (χ2v) is 5.19. The molecule has 0 radical (unpaired) electrons. The Labute approximate surface area is 134 Å². The lowest BCUT2D eigenvalue weighted by Crippen LogP contribution is -1.83. The van der Waals surface area contributed by atoms with Gasteiger partial charge in [-0.1, -0.05) is 60.4 Å². The molecular weight excluding hydrogens is 264 g/mol. The van der Waals surface area contributed by atoms with E-state index in [4.69, 9.17) is 0 Å². The maximum Gasteiger partial charge on any atom is 0.0249 e. The van der Waals surface area contributed by atoms with Gasteiger partial charge in [0.2, 0.25) is 0 Å². The molecule has 22 heavy (non-hydrogen) atoms. The van der Waals surface area contributed by atoms with Gasteiger partial charge in [-0.15, -0.1) is 0 Å². The van der Waals surface area contributed by atoms with Crippen molar-refractivity contribution in [3.05, 3.63) is 95.1 Å². The monoisotopic (exact) mass is 286 g/mol. The van der Waals surface area contributed by atoms with Crippen molar-refractivity contribution in [2.75, 3.05) is 0 Å². The van der Waals surface area contributed by atoms with E-state index in [-0.39, 0.29) is 0 Å². The summed E-state index contributed by atoms with van der Waals surface area (Å²) in [7, 11) is 0.